The normalized spacial score (nSPS) is 14.8. The van der Waals surface area contributed by atoms with E-state index in [-0.39, 0.29) is 6.61 Å². The molecule has 1 aliphatic carbocycles. The van der Waals surface area contributed by atoms with Crippen molar-refractivity contribution in [1.29, 1.82) is 0 Å². The summed E-state index contributed by atoms with van der Waals surface area (Å²) in [6.45, 7) is 2.29. The highest BCUT2D eigenvalue weighted by atomic mass is 19.1. The van der Waals surface area contributed by atoms with E-state index in [0.29, 0.717) is 12.2 Å². The summed E-state index contributed by atoms with van der Waals surface area (Å²) in [4.78, 5) is 9.15. The van der Waals surface area contributed by atoms with E-state index >= 15 is 0 Å². The average Bonchev–Trinajstić information content (AvgIpc) is 3.45. The topological polar surface area (TPSA) is 35.0 Å². The molecule has 0 aliphatic heterocycles. The lowest BCUT2D eigenvalue weighted by Crippen LogP contribution is -2.12. The monoisotopic (exact) mass is 510 g/mol. The summed E-state index contributed by atoms with van der Waals surface area (Å²) in [6, 6.07) is 7.67. The molecule has 37 heavy (non-hydrogen) atoms. The molecule has 1 aromatic heterocycles. The Morgan fingerprint density at radius 3 is 2.11 bits per heavy atom. The van der Waals surface area contributed by atoms with Gasteiger partial charge >= 0.3 is 0 Å². The van der Waals surface area contributed by atoms with Gasteiger partial charge < -0.3 is 4.74 Å². The van der Waals surface area contributed by atoms with Crippen LogP contribution in [0.4, 0.5) is 4.39 Å². The van der Waals surface area contributed by atoms with Crippen LogP contribution in [-0.4, -0.2) is 22.7 Å². The molecular weight excluding hydrogens is 459 g/mol. The van der Waals surface area contributed by atoms with Crippen LogP contribution in [0.25, 0.3) is 11.4 Å². The standard InChI is InChI=1S/C33H51FN2O/c1-2-3-4-13-20-31(34)27-37-32-23-21-30(22-24-32)33-35-25-29(26-36-33)19-12-10-8-6-5-7-9-11-16-28-17-14-15-18-28/h21-26,28,31H,2-20,27H2,1H3. The second-order valence-electron chi connectivity index (χ2n) is 11.2. The van der Waals surface area contributed by atoms with Crippen LogP contribution in [0.2, 0.25) is 0 Å². The van der Waals surface area contributed by atoms with Gasteiger partial charge in [0.15, 0.2) is 5.82 Å². The van der Waals surface area contributed by atoms with Crippen molar-refractivity contribution in [2.75, 3.05) is 6.61 Å². The highest BCUT2D eigenvalue weighted by molar-refractivity contribution is 5.55. The van der Waals surface area contributed by atoms with Crippen molar-refractivity contribution in [2.45, 2.75) is 135 Å². The van der Waals surface area contributed by atoms with E-state index in [9.17, 15) is 4.39 Å². The minimum atomic E-state index is -0.900. The van der Waals surface area contributed by atoms with E-state index in [1.54, 1.807) is 0 Å². The highest BCUT2D eigenvalue weighted by Gasteiger charge is 2.13. The summed E-state index contributed by atoms with van der Waals surface area (Å²) in [7, 11) is 0. The maximum absolute atomic E-state index is 14.0. The van der Waals surface area contributed by atoms with Gasteiger partial charge in [0.2, 0.25) is 0 Å². The van der Waals surface area contributed by atoms with E-state index in [1.807, 2.05) is 36.7 Å². The first-order valence-electron chi connectivity index (χ1n) is 15.4. The van der Waals surface area contributed by atoms with Crippen LogP contribution in [0.3, 0.4) is 0 Å². The summed E-state index contributed by atoms with van der Waals surface area (Å²) >= 11 is 0. The second-order valence-corrected chi connectivity index (χ2v) is 11.2. The quantitative estimate of drug-likeness (QED) is 0.166. The molecule has 0 bridgehead atoms. The number of halogens is 1. The Balaban J connectivity index is 1.23. The first-order valence-corrected chi connectivity index (χ1v) is 15.4. The lowest BCUT2D eigenvalue weighted by Gasteiger charge is -2.11. The third kappa shape index (κ3) is 12.4. The van der Waals surface area contributed by atoms with Crippen LogP contribution in [0, 0.1) is 5.92 Å². The van der Waals surface area contributed by atoms with Crippen LogP contribution in [0.5, 0.6) is 5.75 Å². The van der Waals surface area contributed by atoms with Gasteiger partial charge in [0.25, 0.3) is 0 Å². The number of aryl methyl sites for hydroxylation is 1. The Kier molecular flexibility index (Phi) is 14.6. The molecule has 0 spiro atoms. The summed E-state index contributed by atoms with van der Waals surface area (Å²) in [5.41, 5.74) is 2.17. The number of alkyl halides is 1. The number of benzene rings is 1. The molecule has 206 valence electrons. The van der Waals surface area contributed by atoms with Gasteiger partial charge in [-0.05, 0) is 55.0 Å². The first kappa shape index (κ1) is 29.6. The average molecular weight is 511 g/mol. The molecule has 1 saturated carbocycles. The van der Waals surface area contributed by atoms with Gasteiger partial charge in [0.1, 0.15) is 18.5 Å². The summed E-state index contributed by atoms with van der Waals surface area (Å²) in [5, 5.41) is 0. The number of rotatable bonds is 20. The molecule has 0 saturated heterocycles. The van der Waals surface area contributed by atoms with Crippen molar-refractivity contribution in [3.8, 4) is 17.1 Å². The second kappa shape index (κ2) is 18.3. The molecule has 0 radical (unpaired) electrons. The van der Waals surface area contributed by atoms with Gasteiger partial charge in [-0.15, -0.1) is 0 Å². The lowest BCUT2D eigenvalue weighted by molar-refractivity contribution is 0.184. The van der Waals surface area contributed by atoms with Crippen molar-refractivity contribution in [3.63, 3.8) is 0 Å². The lowest BCUT2D eigenvalue weighted by atomic mass is 9.99. The van der Waals surface area contributed by atoms with Crippen molar-refractivity contribution in [3.05, 3.63) is 42.2 Å². The fourth-order valence-corrected chi connectivity index (χ4v) is 5.52. The van der Waals surface area contributed by atoms with Gasteiger partial charge in [0.05, 0.1) is 0 Å². The van der Waals surface area contributed by atoms with Gasteiger partial charge in [0, 0.05) is 18.0 Å². The van der Waals surface area contributed by atoms with Crippen LogP contribution in [-0.2, 0) is 6.42 Å². The van der Waals surface area contributed by atoms with Crippen LogP contribution in [0.15, 0.2) is 36.7 Å². The Morgan fingerprint density at radius 1 is 0.811 bits per heavy atom. The zero-order chi connectivity index (χ0) is 26.0. The molecule has 1 heterocycles. The Morgan fingerprint density at radius 2 is 1.43 bits per heavy atom. The van der Waals surface area contributed by atoms with Crippen LogP contribution in [0.1, 0.15) is 128 Å². The molecule has 3 nitrogen and oxygen atoms in total. The third-order valence-electron chi connectivity index (χ3n) is 7.92. The third-order valence-corrected chi connectivity index (χ3v) is 7.92. The number of aromatic nitrogens is 2. The fraction of sp³-hybridized carbons (Fsp3) is 0.697. The van der Waals surface area contributed by atoms with E-state index in [0.717, 1.165) is 36.6 Å². The van der Waals surface area contributed by atoms with Crippen LogP contribution < -0.4 is 4.74 Å². The largest absolute Gasteiger partial charge is 0.491 e. The molecule has 0 N–H and O–H groups in total. The molecule has 0 amide bonds. The van der Waals surface area contributed by atoms with E-state index in [1.165, 1.54) is 102 Å². The molecule has 1 atom stereocenters. The molecule has 4 heteroatoms. The maximum atomic E-state index is 14.0. The maximum Gasteiger partial charge on any atom is 0.159 e. The van der Waals surface area contributed by atoms with E-state index < -0.39 is 6.17 Å². The molecule has 2 aromatic rings. The SMILES string of the molecule is CCCCCCC(F)COc1ccc(-c2ncc(CCCCCCCCCCC3CCCC3)cn2)cc1. The Hall–Kier alpha value is -1.97. The highest BCUT2D eigenvalue weighted by Crippen LogP contribution is 2.29. The number of nitrogens with zero attached hydrogens (tertiary/aromatic N) is 2. The summed E-state index contributed by atoms with van der Waals surface area (Å²) < 4.78 is 19.6. The Bertz CT molecular complexity index is 817. The van der Waals surface area contributed by atoms with Crippen molar-refractivity contribution >= 4 is 0 Å². The molecular formula is C33H51FN2O. The summed E-state index contributed by atoms with van der Waals surface area (Å²) in [6.07, 6.45) is 27.4. The number of unbranched alkanes of at least 4 members (excludes halogenated alkanes) is 10. The van der Waals surface area contributed by atoms with Crippen molar-refractivity contribution in [1.82, 2.24) is 9.97 Å². The smallest absolute Gasteiger partial charge is 0.159 e. The predicted octanol–water partition coefficient (Wildman–Crippen LogP) is 10.1. The molecule has 1 fully saturated rings. The number of hydrogen-bond donors (Lipinski definition) is 0. The molecule has 1 aromatic carbocycles. The minimum absolute atomic E-state index is 0.122. The predicted molar refractivity (Wildman–Crippen MR) is 154 cm³/mol. The molecule has 3 rings (SSSR count). The van der Waals surface area contributed by atoms with E-state index in [4.69, 9.17) is 4.74 Å². The van der Waals surface area contributed by atoms with E-state index in [2.05, 4.69) is 16.9 Å². The number of ether oxygens (including phenoxy) is 1. The minimum Gasteiger partial charge on any atom is -0.491 e. The Labute approximate surface area is 226 Å². The first-order chi connectivity index (χ1) is 18.2. The van der Waals surface area contributed by atoms with Gasteiger partial charge in [-0.25, -0.2) is 14.4 Å². The van der Waals surface area contributed by atoms with Crippen LogP contribution >= 0.6 is 0 Å². The van der Waals surface area contributed by atoms with Gasteiger partial charge in [-0.3, -0.25) is 0 Å². The molecule has 1 aliphatic rings. The van der Waals surface area contributed by atoms with Crippen molar-refractivity contribution in [2.24, 2.45) is 5.92 Å². The molecule has 1 unspecified atom stereocenters. The fourth-order valence-electron chi connectivity index (χ4n) is 5.52. The van der Waals surface area contributed by atoms with Crippen molar-refractivity contribution < 1.29 is 9.13 Å². The van der Waals surface area contributed by atoms with Gasteiger partial charge in [-0.2, -0.15) is 0 Å². The zero-order valence-corrected chi connectivity index (χ0v) is 23.4. The number of hydrogen-bond acceptors (Lipinski definition) is 3. The summed E-state index contributed by atoms with van der Waals surface area (Å²) in [5.74, 6) is 2.48. The zero-order valence-electron chi connectivity index (χ0n) is 23.4. The van der Waals surface area contributed by atoms with Gasteiger partial charge in [-0.1, -0.05) is 110 Å².